The molecule has 3 rings (SSSR count). The number of fused-ring (bicyclic) bond motifs is 1. The van der Waals surface area contributed by atoms with E-state index in [0.29, 0.717) is 6.54 Å². The van der Waals surface area contributed by atoms with Crippen molar-refractivity contribution in [1.82, 2.24) is 15.1 Å². The van der Waals surface area contributed by atoms with Gasteiger partial charge in [0.15, 0.2) is 0 Å². The Morgan fingerprint density at radius 1 is 1.21 bits per heavy atom. The lowest BCUT2D eigenvalue weighted by Gasteiger charge is -2.37. The molecule has 152 valence electrons. The summed E-state index contributed by atoms with van der Waals surface area (Å²) < 4.78 is 1.13. The van der Waals surface area contributed by atoms with E-state index in [0.717, 1.165) is 65.8 Å². The maximum absolute atomic E-state index is 13.0. The molecule has 28 heavy (non-hydrogen) atoms. The zero-order chi connectivity index (χ0) is 20.1. The summed E-state index contributed by atoms with van der Waals surface area (Å²) in [6.45, 7) is 7.26. The van der Waals surface area contributed by atoms with Crippen LogP contribution in [0.3, 0.4) is 0 Å². The van der Waals surface area contributed by atoms with E-state index in [9.17, 15) is 9.59 Å². The highest BCUT2D eigenvalue weighted by Crippen LogP contribution is 2.34. The Morgan fingerprint density at radius 3 is 2.68 bits per heavy atom. The molecule has 2 amide bonds. The van der Waals surface area contributed by atoms with Gasteiger partial charge in [0.1, 0.15) is 0 Å². The number of carbonyl (C=O) groups excluding carboxylic acids is 2. The lowest BCUT2D eigenvalue weighted by Crippen LogP contribution is -2.49. The number of amides is 2. The van der Waals surface area contributed by atoms with Crippen molar-refractivity contribution in [2.24, 2.45) is 0 Å². The first-order valence-corrected chi connectivity index (χ1v) is 11.1. The molecule has 0 radical (unpaired) electrons. The van der Waals surface area contributed by atoms with Gasteiger partial charge in [-0.15, -0.1) is 11.3 Å². The molecule has 2 aromatic rings. The van der Waals surface area contributed by atoms with E-state index in [1.165, 1.54) is 0 Å². The summed E-state index contributed by atoms with van der Waals surface area (Å²) >= 11 is 1.55. The zero-order valence-corrected chi connectivity index (χ0v) is 18.0. The lowest BCUT2D eigenvalue weighted by molar-refractivity contribution is -0.136. The van der Waals surface area contributed by atoms with Crippen molar-refractivity contribution in [3.8, 4) is 0 Å². The van der Waals surface area contributed by atoms with Crippen molar-refractivity contribution in [3.63, 3.8) is 0 Å². The fraction of sp³-hybridized carbons (Fsp3) is 0.545. The van der Waals surface area contributed by atoms with Gasteiger partial charge in [0.25, 0.3) is 5.91 Å². The Morgan fingerprint density at radius 2 is 1.96 bits per heavy atom. The van der Waals surface area contributed by atoms with E-state index < -0.39 is 0 Å². The molecule has 0 saturated carbocycles. The van der Waals surface area contributed by atoms with Gasteiger partial charge in [0.05, 0.1) is 11.4 Å². The molecule has 0 spiro atoms. The maximum atomic E-state index is 13.0. The predicted octanol–water partition coefficient (Wildman–Crippen LogP) is 3.53. The quantitative estimate of drug-likeness (QED) is 0.772. The van der Waals surface area contributed by atoms with Crippen LogP contribution in [-0.4, -0.2) is 60.9 Å². The van der Waals surface area contributed by atoms with Crippen LogP contribution in [0.1, 0.15) is 48.3 Å². The molecule has 0 aliphatic carbocycles. The molecule has 1 aliphatic heterocycles. The number of thiophene rings is 1. The number of benzene rings is 1. The molecular weight excluding hydrogens is 370 g/mol. The van der Waals surface area contributed by atoms with Crippen LogP contribution in [0.25, 0.3) is 10.1 Å². The second-order valence-corrected chi connectivity index (χ2v) is 8.44. The molecule has 1 saturated heterocycles. The van der Waals surface area contributed by atoms with E-state index >= 15 is 0 Å². The summed E-state index contributed by atoms with van der Waals surface area (Å²) in [5, 5.41) is 3.93. The molecule has 0 unspecified atom stereocenters. The smallest absolute Gasteiger partial charge is 0.261 e. The molecule has 2 heterocycles. The summed E-state index contributed by atoms with van der Waals surface area (Å²) in [6.07, 6.45) is 3.95. The number of likely N-dealkylation sites (N-methyl/N-ethyl adjacent to an activating group) is 1. The van der Waals surface area contributed by atoms with Crippen molar-refractivity contribution in [3.05, 3.63) is 34.7 Å². The van der Waals surface area contributed by atoms with E-state index in [4.69, 9.17) is 0 Å². The number of rotatable bonds is 7. The van der Waals surface area contributed by atoms with Crippen molar-refractivity contribution in [2.75, 3.05) is 33.2 Å². The Labute approximate surface area is 171 Å². The minimum Gasteiger partial charge on any atom is -0.354 e. The van der Waals surface area contributed by atoms with E-state index in [1.54, 1.807) is 18.4 Å². The minimum absolute atomic E-state index is 0.0342. The Hall–Kier alpha value is -1.92. The molecule has 1 aliphatic rings. The summed E-state index contributed by atoms with van der Waals surface area (Å²) in [7, 11) is 1.68. The number of hydrogen-bond acceptors (Lipinski definition) is 4. The molecule has 1 N–H and O–H groups in total. The van der Waals surface area contributed by atoms with Gasteiger partial charge in [-0.3, -0.25) is 14.5 Å². The SMILES string of the molecule is CCN(CC)CC(=O)N1CCCC[C@@H]1Cc1c(C(=O)NC)sc2ccccc12. The van der Waals surface area contributed by atoms with Gasteiger partial charge in [0, 0.05) is 24.3 Å². The average molecular weight is 402 g/mol. The van der Waals surface area contributed by atoms with Gasteiger partial charge < -0.3 is 10.2 Å². The predicted molar refractivity (Wildman–Crippen MR) is 116 cm³/mol. The van der Waals surface area contributed by atoms with Gasteiger partial charge in [-0.2, -0.15) is 0 Å². The third kappa shape index (κ3) is 4.39. The van der Waals surface area contributed by atoms with Gasteiger partial charge in [-0.25, -0.2) is 0 Å². The largest absolute Gasteiger partial charge is 0.354 e. The molecule has 1 aromatic heterocycles. The summed E-state index contributed by atoms with van der Waals surface area (Å²) in [6, 6.07) is 8.37. The van der Waals surface area contributed by atoms with Crippen molar-refractivity contribution < 1.29 is 9.59 Å². The standard InChI is InChI=1S/C22H31N3O2S/c1-4-24(5-2)15-20(26)25-13-9-8-10-16(25)14-18-17-11-6-7-12-19(17)28-21(18)22(27)23-3/h6-7,11-12,16H,4-5,8-10,13-15H2,1-3H3,(H,23,27)/t16-/m1/s1. The topological polar surface area (TPSA) is 52.7 Å². The molecule has 0 bridgehead atoms. The van der Waals surface area contributed by atoms with Gasteiger partial charge in [-0.05, 0) is 55.8 Å². The highest BCUT2D eigenvalue weighted by Gasteiger charge is 2.30. The van der Waals surface area contributed by atoms with Crippen LogP contribution in [0, 0.1) is 0 Å². The van der Waals surface area contributed by atoms with Crippen LogP contribution >= 0.6 is 11.3 Å². The fourth-order valence-corrected chi connectivity index (χ4v) is 5.28. The zero-order valence-electron chi connectivity index (χ0n) is 17.2. The average Bonchev–Trinajstić information content (AvgIpc) is 3.10. The fourth-order valence-electron chi connectivity index (χ4n) is 4.10. The highest BCUT2D eigenvalue weighted by molar-refractivity contribution is 7.21. The van der Waals surface area contributed by atoms with Crippen LogP contribution in [0.2, 0.25) is 0 Å². The van der Waals surface area contributed by atoms with Gasteiger partial charge >= 0.3 is 0 Å². The third-order valence-corrected chi connectivity index (χ3v) is 6.98. The van der Waals surface area contributed by atoms with E-state index in [2.05, 4.69) is 41.1 Å². The summed E-state index contributed by atoms with van der Waals surface area (Å²) in [5.41, 5.74) is 1.09. The van der Waals surface area contributed by atoms with Gasteiger partial charge in [0.2, 0.25) is 5.91 Å². The third-order valence-electron chi connectivity index (χ3n) is 5.77. The lowest BCUT2D eigenvalue weighted by atomic mass is 9.93. The van der Waals surface area contributed by atoms with Gasteiger partial charge in [-0.1, -0.05) is 32.0 Å². The maximum Gasteiger partial charge on any atom is 0.261 e. The molecular formula is C22H31N3O2S. The number of carbonyl (C=O) groups is 2. The first kappa shape index (κ1) is 20.8. The van der Waals surface area contributed by atoms with Crippen LogP contribution in [0.15, 0.2) is 24.3 Å². The molecule has 1 fully saturated rings. The number of likely N-dealkylation sites (tertiary alicyclic amines) is 1. The minimum atomic E-state index is -0.0342. The first-order chi connectivity index (χ1) is 13.6. The monoisotopic (exact) mass is 401 g/mol. The van der Waals surface area contributed by atoms with Crippen molar-refractivity contribution in [1.29, 1.82) is 0 Å². The Bertz CT molecular complexity index is 828. The van der Waals surface area contributed by atoms with Crippen molar-refractivity contribution in [2.45, 2.75) is 45.6 Å². The second-order valence-electron chi connectivity index (χ2n) is 7.39. The summed E-state index contributed by atoms with van der Waals surface area (Å²) in [5.74, 6) is 0.183. The first-order valence-electron chi connectivity index (χ1n) is 10.3. The Kier molecular flexibility index (Phi) is 7.08. The van der Waals surface area contributed by atoms with Crippen LogP contribution < -0.4 is 5.32 Å². The van der Waals surface area contributed by atoms with Crippen molar-refractivity contribution >= 4 is 33.2 Å². The second kappa shape index (κ2) is 9.52. The molecule has 1 atom stereocenters. The van der Waals surface area contributed by atoms with Crippen LogP contribution in [0.4, 0.5) is 0 Å². The molecule has 1 aromatic carbocycles. The number of piperidine rings is 1. The van der Waals surface area contributed by atoms with Crippen LogP contribution in [-0.2, 0) is 11.2 Å². The van der Waals surface area contributed by atoms with E-state index in [1.807, 2.05) is 12.1 Å². The number of nitrogens with one attached hydrogen (secondary N) is 1. The summed E-state index contributed by atoms with van der Waals surface area (Å²) in [4.78, 5) is 30.5. The number of hydrogen-bond donors (Lipinski definition) is 1. The van der Waals surface area contributed by atoms with E-state index in [-0.39, 0.29) is 17.9 Å². The molecule has 5 nitrogen and oxygen atoms in total. The Balaban J connectivity index is 1.88. The highest BCUT2D eigenvalue weighted by atomic mass is 32.1. The van der Waals surface area contributed by atoms with Crippen LogP contribution in [0.5, 0.6) is 0 Å². The normalized spacial score (nSPS) is 17.3. The number of nitrogens with zero attached hydrogens (tertiary/aromatic N) is 2. The molecule has 6 heteroatoms.